The summed E-state index contributed by atoms with van der Waals surface area (Å²) in [7, 11) is 0. The Bertz CT molecular complexity index is 588. The van der Waals surface area contributed by atoms with E-state index in [0.29, 0.717) is 12.0 Å². The van der Waals surface area contributed by atoms with Gasteiger partial charge in [0.1, 0.15) is 0 Å². The topological polar surface area (TPSA) is 29.9 Å². The summed E-state index contributed by atoms with van der Waals surface area (Å²) in [5, 5.41) is 3.47. The molecule has 0 radical (unpaired) electrons. The zero-order chi connectivity index (χ0) is 14.8. The Morgan fingerprint density at radius 3 is 2.62 bits per heavy atom. The number of para-hydroxylation sites is 1. The molecule has 3 unspecified atom stereocenters. The fraction of sp³-hybridized carbons (Fsp3) is 0.500. The maximum atomic E-state index is 4.69. The van der Waals surface area contributed by atoms with Gasteiger partial charge in [-0.3, -0.25) is 0 Å². The Morgan fingerprint density at radius 2 is 1.90 bits per heavy atom. The van der Waals surface area contributed by atoms with Crippen LogP contribution in [0.3, 0.4) is 0 Å². The van der Waals surface area contributed by atoms with Gasteiger partial charge >= 0.3 is 0 Å². The first-order valence-corrected chi connectivity index (χ1v) is 8.01. The van der Waals surface area contributed by atoms with Crippen LogP contribution in [0.25, 0.3) is 0 Å². The molecule has 1 aromatic heterocycles. The van der Waals surface area contributed by atoms with Crippen molar-refractivity contribution in [3.05, 3.63) is 42.2 Å². The standard InChI is InChI=1S/C18H25N3/c1-13-9-10-17(14(2)11-13)21-12-15(3)19-18(21)20-16-7-5-4-6-8-16/h4-8,12-14,17H,9-11H2,1-3H3,(H,19,20). The van der Waals surface area contributed by atoms with E-state index in [0.717, 1.165) is 23.2 Å². The Hall–Kier alpha value is -1.77. The molecule has 0 amide bonds. The molecule has 3 nitrogen and oxygen atoms in total. The number of hydrogen-bond donors (Lipinski definition) is 1. The molecule has 1 heterocycles. The number of aromatic nitrogens is 2. The summed E-state index contributed by atoms with van der Waals surface area (Å²) < 4.78 is 2.36. The molecule has 1 aliphatic rings. The van der Waals surface area contributed by atoms with Crippen LogP contribution >= 0.6 is 0 Å². The van der Waals surface area contributed by atoms with E-state index in [1.54, 1.807) is 0 Å². The lowest BCUT2D eigenvalue weighted by Crippen LogP contribution is -2.25. The molecule has 0 aliphatic heterocycles. The number of aryl methyl sites for hydroxylation is 1. The third-order valence-corrected chi connectivity index (χ3v) is 4.63. The highest BCUT2D eigenvalue weighted by Crippen LogP contribution is 2.38. The van der Waals surface area contributed by atoms with Gasteiger partial charge in [-0.15, -0.1) is 0 Å². The molecule has 112 valence electrons. The van der Waals surface area contributed by atoms with Crippen molar-refractivity contribution in [3.63, 3.8) is 0 Å². The minimum absolute atomic E-state index is 0.564. The van der Waals surface area contributed by atoms with Crippen molar-refractivity contribution >= 4 is 11.6 Å². The predicted octanol–water partition coefficient (Wildman–Crippen LogP) is 4.93. The molecule has 3 heteroatoms. The summed E-state index contributed by atoms with van der Waals surface area (Å²) in [6.07, 6.45) is 6.08. The molecule has 2 aromatic rings. The van der Waals surface area contributed by atoms with Crippen LogP contribution in [0.1, 0.15) is 44.8 Å². The molecular formula is C18H25N3. The van der Waals surface area contributed by atoms with E-state index in [4.69, 9.17) is 0 Å². The third-order valence-electron chi connectivity index (χ3n) is 4.63. The van der Waals surface area contributed by atoms with Crippen LogP contribution in [0.15, 0.2) is 36.5 Å². The molecule has 1 saturated carbocycles. The monoisotopic (exact) mass is 283 g/mol. The van der Waals surface area contributed by atoms with Crippen molar-refractivity contribution in [1.82, 2.24) is 9.55 Å². The van der Waals surface area contributed by atoms with Crippen LogP contribution < -0.4 is 5.32 Å². The third kappa shape index (κ3) is 3.12. The Morgan fingerprint density at radius 1 is 1.14 bits per heavy atom. The second-order valence-electron chi connectivity index (χ2n) is 6.57. The summed E-state index contributed by atoms with van der Waals surface area (Å²) >= 11 is 0. The molecule has 0 bridgehead atoms. The second kappa shape index (κ2) is 5.92. The van der Waals surface area contributed by atoms with Gasteiger partial charge in [0.25, 0.3) is 0 Å². The van der Waals surface area contributed by atoms with Crippen LogP contribution in [0.2, 0.25) is 0 Å². The first kappa shape index (κ1) is 14.2. The largest absolute Gasteiger partial charge is 0.326 e. The zero-order valence-electron chi connectivity index (χ0n) is 13.2. The van der Waals surface area contributed by atoms with Crippen LogP contribution in [0, 0.1) is 18.8 Å². The number of benzene rings is 1. The highest BCUT2D eigenvalue weighted by molar-refractivity contribution is 5.53. The fourth-order valence-corrected chi connectivity index (χ4v) is 3.57. The maximum Gasteiger partial charge on any atom is 0.207 e. The van der Waals surface area contributed by atoms with E-state index < -0.39 is 0 Å². The van der Waals surface area contributed by atoms with Gasteiger partial charge in [0.05, 0.1) is 5.69 Å². The average molecular weight is 283 g/mol. The van der Waals surface area contributed by atoms with E-state index in [2.05, 4.69) is 54.0 Å². The number of anilines is 2. The van der Waals surface area contributed by atoms with Gasteiger partial charge in [-0.05, 0) is 50.2 Å². The number of rotatable bonds is 3. The van der Waals surface area contributed by atoms with Crippen molar-refractivity contribution in [2.75, 3.05) is 5.32 Å². The predicted molar refractivity (Wildman–Crippen MR) is 87.9 cm³/mol. The SMILES string of the molecule is Cc1cn(C2CCC(C)CC2C)c(Nc2ccccc2)n1. The molecular weight excluding hydrogens is 258 g/mol. The Balaban J connectivity index is 1.85. The molecule has 3 rings (SSSR count). The molecule has 1 fully saturated rings. The lowest BCUT2D eigenvalue weighted by Gasteiger charge is -2.34. The number of nitrogens with one attached hydrogen (secondary N) is 1. The lowest BCUT2D eigenvalue weighted by atomic mass is 9.80. The van der Waals surface area contributed by atoms with Gasteiger partial charge in [0, 0.05) is 17.9 Å². The van der Waals surface area contributed by atoms with Crippen molar-refractivity contribution < 1.29 is 0 Å². The lowest BCUT2D eigenvalue weighted by molar-refractivity contribution is 0.209. The first-order chi connectivity index (χ1) is 10.1. The maximum absolute atomic E-state index is 4.69. The summed E-state index contributed by atoms with van der Waals surface area (Å²) in [5.74, 6) is 2.54. The molecule has 0 saturated heterocycles. The quantitative estimate of drug-likeness (QED) is 0.865. The molecule has 21 heavy (non-hydrogen) atoms. The second-order valence-corrected chi connectivity index (χ2v) is 6.57. The number of nitrogens with zero attached hydrogens (tertiary/aromatic N) is 2. The van der Waals surface area contributed by atoms with Crippen molar-refractivity contribution in [2.24, 2.45) is 11.8 Å². The van der Waals surface area contributed by atoms with E-state index in [-0.39, 0.29) is 0 Å². The van der Waals surface area contributed by atoms with Crippen LogP contribution in [-0.2, 0) is 0 Å². The van der Waals surface area contributed by atoms with Crippen molar-refractivity contribution in [2.45, 2.75) is 46.1 Å². The summed E-state index contributed by atoms with van der Waals surface area (Å²) in [6, 6.07) is 10.9. The molecule has 3 atom stereocenters. The number of hydrogen-bond acceptors (Lipinski definition) is 2. The number of imidazole rings is 1. The smallest absolute Gasteiger partial charge is 0.207 e. The minimum Gasteiger partial charge on any atom is -0.326 e. The molecule has 0 spiro atoms. The van der Waals surface area contributed by atoms with Gasteiger partial charge in [-0.2, -0.15) is 0 Å². The Labute approximate surface area is 127 Å². The highest BCUT2D eigenvalue weighted by atomic mass is 15.2. The summed E-state index contributed by atoms with van der Waals surface area (Å²) in [4.78, 5) is 4.69. The first-order valence-electron chi connectivity index (χ1n) is 8.01. The van der Waals surface area contributed by atoms with Crippen molar-refractivity contribution in [3.8, 4) is 0 Å². The van der Waals surface area contributed by atoms with E-state index in [9.17, 15) is 0 Å². The molecule has 1 N–H and O–H groups in total. The normalized spacial score (nSPS) is 25.8. The zero-order valence-corrected chi connectivity index (χ0v) is 13.2. The summed E-state index contributed by atoms with van der Waals surface area (Å²) in [5.41, 5.74) is 2.18. The average Bonchev–Trinajstić information content (AvgIpc) is 2.80. The van der Waals surface area contributed by atoms with E-state index >= 15 is 0 Å². The Kier molecular flexibility index (Phi) is 4.00. The van der Waals surface area contributed by atoms with Gasteiger partial charge in [-0.25, -0.2) is 4.98 Å². The molecule has 1 aromatic carbocycles. The van der Waals surface area contributed by atoms with E-state index in [1.165, 1.54) is 19.3 Å². The van der Waals surface area contributed by atoms with Crippen LogP contribution in [0.4, 0.5) is 11.6 Å². The van der Waals surface area contributed by atoms with Crippen LogP contribution in [-0.4, -0.2) is 9.55 Å². The fourth-order valence-electron chi connectivity index (χ4n) is 3.57. The summed E-state index contributed by atoms with van der Waals surface area (Å²) in [6.45, 7) is 6.82. The van der Waals surface area contributed by atoms with E-state index in [1.807, 2.05) is 18.2 Å². The van der Waals surface area contributed by atoms with Gasteiger partial charge < -0.3 is 9.88 Å². The minimum atomic E-state index is 0.564. The van der Waals surface area contributed by atoms with Crippen molar-refractivity contribution in [1.29, 1.82) is 0 Å². The highest BCUT2D eigenvalue weighted by Gasteiger charge is 2.28. The van der Waals surface area contributed by atoms with Gasteiger partial charge in [0.2, 0.25) is 5.95 Å². The van der Waals surface area contributed by atoms with Gasteiger partial charge in [-0.1, -0.05) is 32.0 Å². The van der Waals surface area contributed by atoms with Crippen LogP contribution in [0.5, 0.6) is 0 Å². The van der Waals surface area contributed by atoms with Gasteiger partial charge in [0.15, 0.2) is 0 Å². The molecule has 1 aliphatic carbocycles.